The summed E-state index contributed by atoms with van der Waals surface area (Å²) >= 11 is 12.2. The van der Waals surface area contributed by atoms with E-state index >= 15 is 0 Å². The molecule has 2 aromatic carbocycles. The highest BCUT2D eigenvalue weighted by Gasteiger charge is 2.11. The van der Waals surface area contributed by atoms with Crippen molar-refractivity contribution in [2.75, 3.05) is 6.54 Å². The minimum absolute atomic E-state index is 0.376. The predicted molar refractivity (Wildman–Crippen MR) is 87.8 cm³/mol. The van der Waals surface area contributed by atoms with Crippen LogP contribution in [0.25, 0.3) is 0 Å². The van der Waals surface area contributed by atoms with Gasteiger partial charge in [-0.1, -0.05) is 60.5 Å². The second kappa shape index (κ2) is 7.68. The number of likely N-dealkylation sites (N-methyl/N-ethyl adjacent to an activating group) is 1. The molecule has 0 bridgehead atoms. The lowest BCUT2D eigenvalue weighted by Gasteiger charge is -2.19. The number of rotatable bonds is 6. The Bertz CT molecular complexity index is 537. The van der Waals surface area contributed by atoms with Crippen molar-refractivity contribution in [1.29, 1.82) is 0 Å². The quantitative estimate of drug-likeness (QED) is 0.811. The summed E-state index contributed by atoms with van der Waals surface area (Å²) in [6.45, 7) is 3.07. The van der Waals surface area contributed by atoms with Crippen molar-refractivity contribution in [3.63, 3.8) is 0 Å². The highest BCUT2D eigenvalue weighted by molar-refractivity contribution is 6.31. The summed E-state index contributed by atoms with van der Waals surface area (Å²) in [5.74, 6) is 0. The van der Waals surface area contributed by atoms with Gasteiger partial charge in [0, 0.05) is 16.1 Å². The van der Waals surface area contributed by atoms with Crippen molar-refractivity contribution in [3.05, 3.63) is 69.7 Å². The van der Waals surface area contributed by atoms with Crippen LogP contribution >= 0.6 is 23.2 Å². The van der Waals surface area contributed by atoms with Gasteiger partial charge in [-0.15, -0.1) is 0 Å². The fraction of sp³-hybridized carbons (Fsp3) is 0.294. The minimum Gasteiger partial charge on any atom is -0.314 e. The summed E-state index contributed by atoms with van der Waals surface area (Å²) in [6, 6.07) is 16.5. The second-order valence-corrected chi connectivity index (χ2v) is 5.72. The predicted octanol–water partition coefficient (Wildman–Crippen LogP) is 4.76. The van der Waals surface area contributed by atoms with Crippen LogP contribution < -0.4 is 5.32 Å². The van der Waals surface area contributed by atoms with E-state index < -0.39 is 0 Å². The maximum Gasteiger partial charge on any atom is 0.0438 e. The average molecular weight is 308 g/mol. The number of hydrogen-bond acceptors (Lipinski definition) is 1. The van der Waals surface area contributed by atoms with Gasteiger partial charge in [-0.3, -0.25) is 0 Å². The van der Waals surface area contributed by atoms with Crippen molar-refractivity contribution in [2.45, 2.75) is 25.8 Å². The smallest absolute Gasteiger partial charge is 0.0438 e. The minimum atomic E-state index is 0.376. The summed E-state index contributed by atoms with van der Waals surface area (Å²) in [6.07, 6.45) is 1.90. The lowest BCUT2D eigenvalue weighted by molar-refractivity contribution is 0.521. The Balaban J connectivity index is 2.07. The lowest BCUT2D eigenvalue weighted by atomic mass is 9.99. The van der Waals surface area contributed by atoms with Crippen molar-refractivity contribution in [3.8, 4) is 0 Å². The highest BCUT2D eigenvalue weighted by Crippen LogP contribution is 2.18. The zero-order valence-corrected chi connectivity index (χ0v) is 13.1. The van der Waals surface area contributed by atoms with E-state index in [1.165, 1.54) is 11.1 Å². The molecule has 1 N–H and O–H groups in total. The second-order valence-electron chi connectivity index (χ2n) is 4.88. The number of hydrogen-bond donors (Lipinski definition) is 1. The highest BCUT2D eigenvalue weighted by atomic mass is 35.5. The molecule has 1 nitrogen and oxygen atoms in total. The van der Waals surface area contributed by atoms with Crippen LogP contribution in [-0.4, -0.2) is 12.6 Å². The Morgan fingerprint density at radius 1 is 0.950 bits per heavy atom. The van der Waals surface area contributed by atoms with Crippen LogP contribution in [0.1, 0.15) is 18.1 Å². The first-order chi connectivity index (χ1) is 9.69. The van der Waals surface area contributed by atoms with Crippen LogP contribution in [0.2, 0.25) is 10.0 Å². The van der Waals surface area contributed by atoms with Gasteiger partial charge in [0.15, 0.2) is 0 Å². The summed E-state index contributed by atoms with van der Waals surface area (Å²) in [5, 5.41) is 5.15. The fourth-order valence-corrected chi connectivity index (χ4v) is 2.68. The third-order valence-corrected chi connectivity index (χ3v) is 3.93. The van der Waals surface area contributed by atoms with E-state index in [1.54, 1.807) is 0 Å². The first-order valence-electron chi connectivity index (χ1n) is 6.90. The number of halogens is 2. The molecule has 2 rings (SSSR count). The Hall–Kier alpha value is -1.02. The summed E-state index contributed by atoms with van der Waals surface area (Å²) in [4.78, 5) is 0. The van der Waals surface area contributed by atoms with Gasteiger partial charge in [-0.25, -0.2) is 0 Å². The molecular weight excluding hydrogens is 289 g/mol. The largest absolute Gasteiger partial charge is 0.314 e. The Morgan fingerprint density at radius 3 is 2.30 bits per heavy atom. The maximum atomic E-state index is 6.25. The van der Waals surface area contributed by atoms with Crippen molar-refractivity contribution in [1.82, 2.24) is 5.32 Å². The molecule has 2 aromatic rings. The molecule has 0 aliphatic rings. The lowest BCUT2D eigenvalue weighted by Crippen LogP contribution is -2.33. The Labute approximate surface area is 130 Å². The zero-order chi connectivity index (χ0) is 14.4. The Kier molecular flexibility index (Phi) is 5.90. The van der Waals surface area contributed by atoms with Gasteiger partial charge in [0.25, 0.3) is 0 Å². The average Bonchev–Trinajstić information content (AvgIpc) is 2.44. The van der Waals surface area contributed by atoms with E-state index in [2.05, 4.69) is 30.4 Å². The molecule has 0 saturated carbocycles. The molecule has 1 unspecified atom stereocenters. The molecule has 0 amide bonds. The van der Waals surface area contributed by atoms with Crippen molar-refractivity contribution < 1.29 is 0 Å². The topological polar surface area (TPSA) is 12.0 Å². The van der Waals surface area contributed by atoms with Crippen LogP contribution in [0.5, 0.6) is 0 Å². The third kappa shape index (κ3) is 4.52. The van der Waals surface area contributed by atoms with Gasteiger partial charge < -0.3 is 5.32 Å². The van der Waals surface area contributed by atoms with E-state index in [-0.39, 0.29) is 0 Å². The summed E-state index contributed by atoms with van der Waals surface area (Å²) in [5.41, 5.74) is 2.47. The molecule has 0 heterocycles. The van der Waals surface area contributed by atoms with Gasteiger partial charge in [0.2, 0.25) is 0 Å². The molecule has 1 atom stereocenters. The first-order valence-corrected chi connectivity index (χ1v) is 7.66. The Morgan fingerprint density at radius 2 is 1.65 bits per heavy atom. The summed E-state index contributed by atoms with van der Waals surface area (Å²) in [7, 11) is 0. The van der Waals surface area contributed by atoms with E-state index in [0.717, 1.165) is 29.4 Å². The molecule has 0 radical (unpaired) electrons. The molecule has 0 saturated heterocycles. The number of benzene rings is 2. The van der Waals surface area contributed by atoms with Gasteiger partial charge in [-0.05, 0) is 48.7 Å². The zero-order valence-electron chi connectivity index (χ0n) is 11.6. The van der Waals surface area contributed by atoms with E-state index in [1.807, 2.05) is 30.3 Å². The molecule has 0 spiro atoms. The molecule has 3 heteroatoms. The third-order valence-electron chi connectivity index (χ3n) is 3.31. The molecule has 0 aromatic heterocycles. The monoisotopic (exact) mass is 307 g/mol. The van der Waals surface area contributed by atoms with Crippen LogP contribution in [0, 0.1) is 0 Å². The normalized spacial score (nSPS) is 12.3. The molecule has 106 valence electrons. The van der Waals surface area contributed by atoms with Gasteiger partial charge >= 0.3 is 0 Å². The molecule has 0 aliphatic heterocycles. The number of nitrogens with one attached hydrogen (secondary N) is 1. The van der Waals surface area contributed by atoms with Crippen LogP contribution in [0.3, 0.4) is 0 Å². The first kappa shape index (κ1) is 15.4. The van der Waals surface area contributed by atoms with Crippen molar-refractivity contribution in [2.24, 2.45) is 0 Å². The van der Waals surface area contributed by atoms with Crippen molar-refractivity contribution >= 4 is 23.2 Å². The van der Waals surface area contributed by atoms with E-state index in [4.69, 9.17) is 23.2 Å². The molecule has 0 fully saturated rings. The van der Waals surface area contributed by atoms with Gasteiger partial charge in [0.1, 0.15) is 0 Å². The van der Waals surface area contributed by atoms with E-state index in [0.29, 0.717) is 6.04 Å². The summed E-state index contributed by atoms with van der Waals surface area (Å²) < 4.78 is 0. The van der Waals surface area contributed by atoms with Crippen LogP contribution in [0.4, 0.5) is 0 Å². The standard InChI is InChI=1S/C17H19Cl2N/c1-2-20-16(11-13-7-9-15(18)10-8-13)12-14-5-3-4-6-17(14)19/h3-10,16,20H,2,11-12H2,1H3. The van der Waals surface area contributed by atoms with Gasteiger partial charge in [0.05, 0.1) is 0 Å². The maximum absolute atomic E-state index is 6.25. The van der Waals surface area contributed by atoms with Crippen LogP contribution in [0.15, 0.2) is 48.5 Å². The van der Waals surface area contributed by atoms with Crippen LogP contribution in [-0.2, 0) is 12.8 Å². The SMILES string of the molecule is CCNC(Cc1ccc(Cl)cc1)Cc1ccccc1Cl. The van der Waals surface area contributed by atoms with E-state index in [9.17, 15) is 0 Å². The fourth-order valence-electron chi connectivity index (χ4n) is 2.34. The van der Waals surface area contributed by atoms with Gasteiger partial charge in [-0.2, -0.15) is 0 Å². The molecule has 20 heavy (non-hydrogen) atoms. The molecular formula is C17H19Cl2N. The molecule has 0 aliphatic carbocycles.